The van der Waals surface area contributed by atoms with Gasteiger partial charge in [-0.15, -0.1) is 0 Å². The minimum atomic E-state index is -2.97. The van der Waals surface area contributed by atoms with Crippen LogP contribution in [0.2, 0.25) is 0 Å². The fourth-order valence-corrected chi connectivity index (χ4v) is 1.88. The first-order valence-electron chi connectivity index (χ1n) is 2.46. The lowest BCUT2D eigenvalue weighted by atomic mass is 10.6. The van der Waals surface area contributed by atoms with Crippen LogP contribution < -0.4 is 0 Å². The van der Waals surface area contributed by atoms with Gasteiger partial charge >= 0.3 is 0 Å². The Morgan fingerprint density at radius 2 is 2.11 bits per heavy atom. The van der Waals surface area contributed by atoms with Crippen LogP contribution in [0.5, 0.6) is 0 Å². The summed E-state index contributed by atoms with van der Waals surface area (Å²) in [6.07, 6.45) is 1.58. The van der Waals surface area contributed by atoms with Crippen LogP contribution in [0.25, 0.3) is 0 Å². The van der Waals surface area contributed by atoms with Crippen LogP contribution in [0.3, 0.4) is 0 Å². The second kappa shape index (κ2) is 3.37. The summed E-state index contributed by atoms with van der Waals surface area (Å²) in [5.41, 5.74) is 0. The van der Waals surface area contributed by atoms with E-state index in [4.69, 9.17) is 0 Å². The third-order valence-electron chi connectivity index (χ3n) is 1.04. The van der Waals surface area contributed by atoms with Crippen LogP contribution in [0.1, 0.15) is 13.8 Å². The van der Waals surface area contributed by atoms with Gasteiger partial charge in [-0.05, 0) is 13.8 Å². The molecule has 2 nitrogen and oxygen atoms in total. The molecule has 0 aliphatic rings. The first-order chi connectivity index (χ1) is 4.04. The van der Waals surface area contributed by atoms with Gasteiger partial charge in [0, 0.05) is 4.91 Å². The predicted molar refractivity (Wildman–Crippen MR) is 42.1 cm³/mol. The van der Waals surface area contributed by atoms with Gasteiger partial charge in [0.15, 0.2) is 9.84 Å². The van der Waals surface area contributed by atoms with Crippen LogP contribution in [0, 0.1) is 0 Å². The second-order valence-electron chi connectivity index (χ2n) is 1.62. The first kappa shape index (κ1) is 9.17. The zero-order valence-corrected chi connectivity index (χ0v) is 7.79. The molecule has 0 N–H and O–H groups in total. The van der Waals surface area contributed by atoms with Gasteiger partial charge in [-0.2, -0.15) is 0 Å². The van der Waals surface area contributed by atoms with Crippen LogP contribution in [-0.2, 0) is 9.84 Å². The van der Waals surface area contributed by atoms with E-state index in [0.717, 1.165) is 0 Å². The third kappa shape index (κ3) is 2.49. The van der Waals surface area contributed by atoms with Gasteiger partial charge in [0.1, 0.15) is 4.66 Å². The molecular weight excluding hydrogens is 204 g/mol. The smallest absolute Gasteiger partial charge is 0.183 e. The van der Waals surface area contributed by atoms with Crippen molar-refractivity contribution in [3.8, 4) is 0 Å². The summed E-state index contributed by atoms with van der Waals surface area (Å²) in [6, 6.07) is 0. The lowest BCUT2D eigenvalue weighted by Gasteiger charge is -1.95. The Kier molecular flexibility index (Phi) is 3.43. The number of hydrogen-bond acceptors (Lipinski definition) is 2. The van der Waals surface area contributed by atoms with Gasteiger partial charge < -0.3 is 0 Å². The summed E-state index contributed by atoms with van der Waals surface area (Å²) in [7, 11) is -2.97. The zero-order valence-electron chi connectivity index (χ0n) is 5.39. The number of alkyl halides is 1. The van der Waals surface area contributed by atoms with E-state index in [1.807, 2.05) is 0 Å². The number of sulfone groups is 1. The van der Waals surface area contributed by atoms with E-state index < -0.39 is 9.84 Å². The van der Waals surface area contributed by atoms with Crippen molar-refractivity contribution < 1.29 is 8.42 Å². The average Bonchev–Trinajstić information content (AvgIpc) is 1.86. The molecule has 0 aromatic carbocycles. The van der Waals surface area contributed by atoms with Crippen molar-refractivity contribution in [2.24, 2.45) is 0 Å². The molecule has 0 atom stereocenters. The normalized spacial score (nSPS) is 13.9. The SMILES string of the molecule is CC=C(C)S(=O)(=O)CBr. The number of allylic oxidation sites excluding steroid dienone is 2. The van der Waals surface area contributed by atoms with Crippen molar-refractivity contribution in [2.75, 3.05) is 4.66 Å². The molecule has 54 valence electrons. The molecule has 0 spiro atoms. The molecule has 0 heterocycles. The Labute approximate surface area is 64.0 Å². The van der Waals surface area contributed by atoms with Crippen LogP contribution in [0.15, 0.2) is 11.0 Å². The van der Waals surface area contributed by atoms with Gasteiger partial charge in [0.05, 0.1) is 0 Å². The Balaban J connectivity index is 4.57. The lowest BCUT2D eigenvalue weighted by molar-refractivity contribution is 0.606. The van der Waals surface area contributed by atoms with E-state index in [1.54, 1.807) is 19.9 Å². The first-order valence-corrected chi connectivity index (χ1v) is 5.23. The van der Waals surface area contributed by atoms with Gasteiger partial charge in [-0.3, -0.25) is 0 Å². The summed E-state index contributed by atoms with van der Waals surface area (Å²) in [6.45, 7) is 3.28. The number of hydrogen-bond donors (Lipinski definition) is 0. The van der Waals surface area contributed by atoms with Crippen LogP contribution >= 0.6 is 15.9 Å². The second-order valence-corrected chi connectivity index (χ2v) is 5.09. The maximum atomic E-state index is 10.8. The summed E-state index contributed by atoms with van der Waals surface area (Å²) < 4.78 is 21.6. The highest BCUT2D eigenvalue weighted by Crippen LogP contribution is 2.07. The molecule has 0 aromatic heterocycles. The lowest BCUT2D eigenvalue weighted by Crippen LogP contribution is -2.00. The predicted octanol–water partition coefficient (Wildman–Crippen LogP) is 1.68. The maximum absolute atomic E-state index is 10.8. The molecule has 4 heteroatoms. The van der Waals surface area contributed by atoms with Crippen molar-refractivity contribution in [3.63, 3.8) is 0 Å². The summed E-state index contributed by atoms with van der Waals surface area (Å²) >= 11 is 2.88. The van der Waals surface area contributed by atoms with Gasteiger partial charge in [0.25, 0.3) is 0 Å². The molecule has 9 heavy (non-hydrogen) atoms. The van der Waals surface area contributed by atoms with Crippen molar-refractivity contribution in [1.82, 2.24) is 0 Å². The minimum Gasteiger partial charge on any atom is -0.223 e. The molecular formula is C5H9BrO2S. The zero-order chi connectivity index (χ0) is 7.49. The molecule has 0 aliphatic carbocycles. The number of rotatable bonds is 2. The van der Waals surface area contributed by atoms with Crippen molar-refractivity contribution in [2.45, 2.75) is 13.8 Å². The monoisotopic (exact) mass is 212 g/mol. The molecule has 0 unspecified atom stereocenters. The fourth-order valence-electron chi connectivity index (χ4n) is 0.266. The molecule has 0 aromatic rings. The highest BCUT2D eigenvalue weighted by atomic mass is 79.9. The molecule has 0 saturated heterocycles. The Bertz CT molecular complexity index is 203. The highest BCUT2D eigenvalue weighted by Gasteiger charge is 2.08. The quantitative estimate of drug-likeness (QED) is 0.654. The van der Waals surface area contributed by atoms with Crippen LogP contribution in [-0.4, -0.2) is 13.1 Å². The molecule has 0 radical (unpaired) electrons. The van der Waals surface area contributed by atoms with E-state index in [0.29, 0.717) is 4.91 Å². The molecule has 0 saturated carbocycles. The highest BCUT2D eigenvalue weighted by molar-refractivity contribution is 9.10. The van der Waals surface area contributed by atoms with E-state index in [-0.39, 0.29) is 4.66 Å². The Hall–Kier alpha value is 0.170. The van der Waals surface area contributed by atoms with Gasteiger partial charge in [-0.25, -0.2) is 8.42 Å². The molecule has 0 rings (SSSR count). The molecule has 0 fully saturated rings. The van der Waals surface area contributed by atoms with E-state index in [2.05, 4.69) is 15.9 Å². The number of halogens is 1. The minimum absolute atomic E-state index is 0.0101. The largest absolute Gasteiger partial charge is 0.223 e. The van der Waals surface area contributed by atoms with Gasteiger partial charge in [-0.1, -0.05) is 22.0 Å². The molecule has 0 aliphatic heterocycles. The van der Waals surface area contributed by atoms with Gasteiger partial charge in [0.2, 0.25) is 0 Å². The van der Waals surface area contributed by atoms with Crippen molar-refractivity contribution in [1.29, 1.82) is 0 Å². The van der Waals surface area contributed by atoms with E-state index >= 15 is 0 Å². The average molecular weight is 213 g/mol. The summed E-state index contributed by atoms with van der Waals surface area (Å²) in [5.74, 6) is 0. The molecule has 0 amide bonds. The maximum Gasteiger partial charge on any atom is 0.183 e. The third-order valence-corrected chi connectivity index (χ3v) is 4.35. The summed E-state index contributed by atoms with van der Waals surface area (Å²) in [5, 5.41) is 0. The van der Waals surface area contributed by atoms with Crippen LogP contribution in [0.4, 0.5) is 0 Å². The summed E-state index contributed by atoms with van der Waals surface area (Å²) in [4.78, 5) is 0.416. The fraction of sp³-hybridized carbons (Fsp3) is 0.600. The Morgan fingerprint density at radius 1 is 1.67 bits per heavy atom. The topological polar surface area (TPSA) is 34.1 Å². The van der Waals surface area contributed by atoms with E-state index in [1.165, 1.54) is 0 Å². The standard InChI is InChI=1S/C5H9BrO2S/c1-3-5(2)9(7,8)4-6/h3H,4H2,1-2H3. The van der Waals surface area contributed by atoms with Crippen molar-refractivity contribution >= 4 is 25.8 Å². The Morgan fingerprint density at radius 3 is 2.22 bits per heavy atom. The molecule has 0 bridgehead atoms. The van der Waals surface area contributed by atoms with Crippen molar-refractivity contribution in [3.05, 3.63) is 11.0 Å². The van der Waals surface area contributed by atoms with E-state index in [9.17, 15) is 8.42 Å².